The molecule has 1 aliphatic rings. The van der Waals surface area contributed by atoms with Crippen LogP contribution in [0.5, 0.6) is 0 Å². The van der Waals surface area contributed by atoms with Gasteiger partial charge in [0.2, 0.25) is 0 Å². The average molecular weight is 145 g/mol. The SMILES string of the molecule is CC1C=C(Cl)CCC1C. The third kappa shape index (κ3) is 1.72. The topological polar surface area (TPSA) is 0 Å². The molecule has 1 aliphatic carbocycles. The van der Waals surface area contributed by atoms with Crippen LogP contribution in [-0.2, 0) is 0 Å². The fourth-order valence-corrected chi connectivity index (χ4v) is 1.47. The van der Waals surface area contributed by atoms with Crippen LogP contribution in [0.2, 0.25) is 0 Å². The standard InChI is InChI=1S/C8H13Cl/c1-6-3-4-8(9)5-7(6)2/h5-7H,3-4H2,1-2H3. The predicted molar refractivity (Wildman–Crippen MR) is 41.5 cm³/mol. The molecule has 0 amide bonds. The molecule has 2 unspecified atom stereocenters. The fourth-order valence-electron chi connectivity index (χ4n) is 1.16. The molecular formula is C8H13Cl. The lowest BCUT2D eigenvalue weighted by atomic mass is 9.87. The normalized spacial score (nSPS) is 36.1. The minimum Gasteiger partial charge on any atom is -0.0895 e. The van der Waals surface area contributed by atoms with Gasteiger partial charge in [0.25, 0.3) is 0 Å². The Hall–Kier alpha value is 0.0300. The largest absolute Gasteiger partial charge is 0.0895 e. The van der Waals surface area contributed by atoms with E-state index in [9.17, 15) is 0 Å². The number of hydrogen-bond donors (Lipinski definition) is 0. The molecule has 1 rings (SSSR count). The summed E-state index contributed by atoms with van der Waals surface area (Å²) in [6.45, 7) is 4.51. The number of rotatable bonds is 0. The fraction of sp³-hybridized carbons (Fsp3) is 0.750. The third-order valence-corrected chi connectivity index (χ3v) is 2.49. The van der Waals surface area contributed by atoms with Crippen molar-refractivity contribution in [3.05, 3.63) is 11.1 Å². The van der Waals surface area contributed by atoms with E-state index in [0.29, 0.717) is 5.92 Å². The molecule has 9 heavy (non-hydrogen) atoms. The summed E-state index contributed by atoms with van der Waals surface area (Å²) >= 11 is 5.84. The molecule has 0 aliphatic heterocycles. The van der Waals surface area contributed by atoms with E-state index >= 15 is 0 Å². The van der Waals surface area contributed by atoms with Crippen LogP contribution in [0.3, 0.4) is 0 Å². The van der Waals surface area contributed by atoms with Crippen molar-refractivity contribution in [2.75, 3.05) is 0 Å². The molecular weight excluding hydrogens is 132 g/mol. The van der Waals surface area contributed by atoms with Crippen LogP contribution < -0.4 is 0 Å². The monoisotopic (exact) mass is 144 g/mol. The van der Waals surface area contributed by atoms with Crippen LogP contribution in [-0.4, -0.2) is 0 Å². The van der Waals surface area contributed by atoms with Crippen LogP contribution in [0.15, 0.2) is 11.1 Å². The highest BCUT2D eigenvalue weighted by Gasteiger charge is 2.15. The number of hydrogen-bond acceptors (Lipinski definition) is 0. The van der Waals surface area contributed by atoms with Crippen molar-refractivity contribution in [3.63, 3.8) is 0 Å². The van der Waals surface area contributed by atoms with Gasteiger partial charge in [-0.25, -0.2) is 0 Å². The van der Waals surface area contributed by atoms with E-state index in [1.165, 1.54) is 6.42 Å². The van der Waals surface area contributed by atoms with Gasteiger partial charge in [-0.2, -0.15) is 0 Å². The quantitative estimate of drug-likeness (QED) is 0.490. The maximum absolute atomic E-state index is 5.84. The Morgan fingerprint density at radius 1 is 1.56 bits per heavy atom. The molecule has 0 bridgehead atoms. The highest BCUT2D eigenvalue weighted by molar-refractivity contribution is 6.29. The predicted octanol–water partition coefficient (Wildman–Crippen LogP) is 3.18. The summed E-state index contributed by atoms with van der Waals surface area (Å²) in [6.07, 6.45) is 4.53. The Labute approximate surface area is 61.9 Å². The first-order valence-corrected chi connectivity index (χ1v) is 3.94. The van der Waals surface area contributed by atoms with E-state index in [4.69, 9.17) is 11.6 Å². The van der Waals surface area contributed by atoms with Gasteiger partial charge in [0.05, 0.1) is 0 Å². The summed E-state index contributed by atoms with van der Waals surface area (Å²) < 4.78 is 0. The van der Waals surface area contributed by atoms with Crippen molar-refractivity contribution in [2.24, 2.45) is 11.8 Å². The van der Waals surface area contributed by atoms with Gasteiger partial charge >= 0.3 is 0 Å². The maximum atomic E-state index is 5.84. The van der Waals surface area contributed by atoms with Gasteiger partial charge in [-0.05, 0) is 24.7 Å². The molecule has 0 fully saturated rings. The molecule has 0 saturated heterocycles. The highest BCUT2D eigenvalue weighted by atomic mass is 35.5. The van der Waals surface area contributed by atoms with Crippen LogP contribution in [0.4, 0.5) is 0 Å². The molecule has 0 radical (unpaired) electrons. The average Bonchev–Trinajstić information content (AvgIpc) is 1.80. The first-order valence-electron chi connectivity index (χ1n) is 3.56. The lowest BCUT2D eigenvalue weighted by Gasteiger charge is -2.21. The Morgan fingerprint density at radius 2 is 2.22 bits per heavy atom. The Balaban J connectivity index is 2.58. The molecule has 52 valence electrons. The highest BCUT2D eigenvalue weighted by Crippen LogP contribution is 2.29. The molecule has 0 aromatic carbocycles. The minimum atomic E-state index is 0.686. The lowest BCUT2D eigenvalue weighted by Crippen LogP contribution is -2.09. The van der Waals surface area contributed by atoms with E-state index in [1.807, 2.05) is 0 Å². The Bertz CT molecular complexity index is 127. The Kier molecular flexibility index (Phi) is 2.18. The van der Waals surface area contributed by atoms with Crippen LogP contribution in [0, 0.1) is 11.8 Å². The van der Waals surface area contributed by atoms with Gasteiger partial charge in [0, 0.05) is 5.03 Å². The first kappa shape index (κ1) is 7.14. The maximum Gasteiger partial charge on any atom is 0.0144 e. The van der Waals surface area contributed by atoms with E-state index in [0.717, 1.165) is 17.4 Å². The van der Waals surface area contributed by atoms with E-state index in [1.54, 1.807) is 0 Å². The van der Waals surface area contributed by atoms with E-state index in [-0.39, 0.29) is 0 Å². The molecule has 0 nitrogen and oxygen atoms in total. The molecule has 2 atom stereocenters. The van der Waals surface area contributed by atoms with Gasteiger partial charge < -0.3 is 0 Å². The smallest absolute Gasteiger partial charge is 0.0144 e. The van der Waals surface area contributed by atoms with Crippen molar-refractivity contribution in [3.8, 4) is 0 Å². The summed E-state index contributed by atoms with van der Waals surface area (Å²) in [5, 5.41) is 1.06. The molecule has 0 spiro atoms. The van der Waals surface area contributed by atoms with Crippen molar-refractivity contribution >= 4 is 11.6 Å². The van der Waals surface area contributed by atoms with Crippen LogP contribution in [0.1, 0.15) is 26.7 Å². The molecule has 1 heteroatoms. The van der Waals surface area contributed by atoms with Crippen molar-refractivity contribution in [2.45, 2.75) is 26.7 Å². The molecule has 0 aromatic rings. The van der Waals surface area contributed by atoms with Crippen LogP contribution in [0.25, 0.3) is 0 Å². The molecule has 0 saturated carbocycles. The lowest BCUT2D eigenvalue weighted by molar-refractivity contribution is 0.410. The summed E-state index contributed by atoms with van der Waals surface area (Å²) in [6, 6.07) is 0. The van der Waals surface area contributed by atoms with E-state index in [2.05, 4.69) is 19.9 Å². The van der Waals surface area contributed by atoms with Gasteiger partial charge in [-0.15, -0.1) is 0 Å². The van der Waals surface area contributed by atoms with Crippen molar-refractivity contribution in [1.29, 1.82) is 0 Å². The van der Waals surface area contributed by atoms with Gasteiger partial charge in [-0.1, -0.05) is 31.5 Å². The second-order valence-electron chi connectivity index (χ2n) is 2.99. The minimum absolute atomic E-state index is 0.686. The number of allylic oxidation sites excluding steroid dienone is 2. The van der Waals surface area contributed by atoms with Crippen LogP contribution >= 0.6 is 11.6 Å². The molecule has 0 aromatic heterocycles. The van der Waals surface area contributed by atoms with Gasteiger partial charge in [-0.3, -0.25) is 0 Å². The molecule has 0 N–H and O–H groups in total. The number of halogens is 1. The summed E-state index contributed by atoms with van der Waals surface area (Å²) in [5.74, 6) is 1.51. The van der Waals surface area contributed by atoms with Crippen molar-refractivity contribution < 1.29 is 0 Å². The second-order valence-corrected chi connectivity index (χ2v) is 3.47. The zero-order valence-electron chi connectivity index (χ0n) is 6.02. The van der Waals surface area contributed by atoms with Gasteiger partial charge in [0.15, 0.2) is 0 Å². The van der Waals surface area contributed by atoms with E-state index < -0.39 is 0 Å². The zero-order chi connectivity index (χ0) is 6.85. The zero-order valence-corrected chi connectivity index (χ0v) is 6.78. The molecule has 0 heterocycles. The summed E-state index contributed by atoms with van der Waals surface area (Å²) in [5.41, 5.74) is 0. The summed E-state index contributed by atoms with van der Waals surface area (Å²) in [7, 11) is 0. The van der Waals surface area contributed by atoms with Gasteiger partial charge in [0.1, 0.15) is 0 Å². The first-order chi connectivity index (χ1) is 4.20. The summed E-state index contributed by atoms with van der Waals surface area (Å²) in [4.78, 5) is 0. The third-order valence-electron chi connectivity index (χ3n) is 2.18. The second kappa shape index (κ2) is 2.74. The Morgan fingerprint density at radius 3 is 2.67 bits per heavy atom. The van der Waals surface area contributed by atoms with Crippen molar-refractivity contribution in [1.82, 2.24) is 0 Å².